The van der Waals surface area contributed by atoms with Gasteiger partial charge in [-0.05, 0) is 43.3 Å². The van der Waals surface area contributed by atoms with Gasteiger partial charge in [-0.25, -0.2) is 0 Å². The lowest BCUT2D eigenvalue weighted by Gasteiger charge is -2.23. The first kappa shape index (κ1) is 14.9. The topological polar surface area (TPSA) is 33.5 Å². The lowest BCUT2D eigenvalue weighted by atomic mass is 10.1. The van der Waals surface area contributed by atoms with E-state index < -0.39 is 0 Å². The van der Waals surface area contributed by atoms with E-state index in [9.17, 15) is 4.79 Å². The molecule has 0 spiro atoms. The fourth-order valence-electron chi connectivity index (χ4n) is 2.37. The number of carbonyl (C=O) groups excluding carboxylic acids is 1. The van der Waals surface area contributed by atoms with Crippen LogP contribution in [0, 0.1) is 0 Å². The zero-order chi connectivity index (χ0) is 15.7. The number of hydrogen-bond donors (Lipinski definition) is 0. The molecule has 3 aromatic rings. The fraction of sp³-hybridized carbons (Fsp3) is 0.167. The Bertz CT molecular complexity index is 774. The number of amides is 1. The minimum absolute atomic E-state index is 0.0274. The second kappa shape index (κ2) is 5.97. The monoisotopic (exact) mass is 357 g/mol. The Morgan fingerprint density at radius 2 is 1.82 bits per heavy atom. The second-order valence-corrected chi connectivity index (χ2v) is 6.20. The molecule has 112 valence electrons. The van der Waals surface area contributed by atoms with E-state index in [-0.39, 0.29) is 11.9 Å². The molecule has 1 amide bonds. The first-order chi connectivity index (χ1) is 10.6. The Balaban J connectivity index is 1.85. The number of nitrogens with zero attached hydrogens (tertiary/aromatic N) is 1. The van der Waals surface area contributed by atoms with Crippen LogP contribution in [0.3, 0.4) is 0 Å². The van der Waals surface area contributed by atoms with E-state index in [2.05, 4.69) is 15.9 Å². The maximum absolute atomic E-state index is 12.6. The highest BCUT2D eigenvalue weighted by molar-refractivity contribution is 9.10. The van der Waals surface area contributed by atoms with Crippen LogP contribution in [0.5, 0.6) is 0 Å². The van der Waals surface area contributed by atoms with Gasteiger partial charge in [0.1, 0.15) is 11.3 Å². The van der Waals surface area contributed by atoms with E-state index in [1.165, 1.54) is 0 Å². The van der Waals surface area contributed by atoms with E-state index in [0.717, 1.165) is 21.2 Å². The normalized spacial score (nSPS) is 12.3. The van der Waals surface area contributed by atoms with Crippen LogP contribution in [0.1, 0.15) is 29.1 Å². The van der Waals surface area contributed by atoms with Crippen LogP contribution in [0.25, 0.3) is 11.0 Å². The Hall–Kier alpha value is -2.07. The summed E-state index contributed by atoms with van der Waals surface area (Å²) < 4.78 is 6.81. The Kier molecular flexibility index (Phi) is 4.03. The van der Waals surface area contributed by atoms with Gasteiger partial charge in [-0.1, -0.05) is 34.1 Å². The molecule has 3 nitrogen and oxygen atoms in total. The predicted octanol–water partition coefficient (Wildman–Crippen LogP) is 5.03. The largest absolute Gasteiger partial charge is 0.459 e. The van der Waals surface area contributed by atoms with Crippen molar-refractivity contribution in [1.29, 1.82) is 0 Å². The summed E-state index contributed by atoms with van der Waals surface area (Å²) in [5, 5.41) is 1.05. The highest BCUT2D eigenvalue weighted by Gasteiger charge is 2.21. The molecule has 0 aliphatic carbocycles. The van der Waals surface area contributed by atoms with E-state index >= 15 is 0 Å². The fourth-order valence-corrected chi connectivity index (χ4v) is 2.64. The van der Waals surface area contributed by atoms with Crippen molar-refractivity contribution >= 4 is 32.8 Å². The van der Waals surface area contributed by atoms with Crippen molar-refractivity contribution in [2.45, 2.75) is 13.0 Å². The van der Waals surface area contributed by atoms with Gasteiger partial charge in [0.2, 0.25) is 0 Å². The molecule has 0 N–H and O–H groups in total. The van der Waals surface area contributed by atoms with Crippen molar-refractivity contribution in [2.24, 2.45) is 0 Å². The lowest BCUT2D eigenvalue weighted by molar-refractivity contribution is 0.0727. The Morgan fingerprint density at radius 3 is 2.50 bits per heavy atom. The molecular formula is C18H16BrNO2. The summed E-state index contributed by atoms with van der Waals surface area (Å²) in [6, 6.07) is 17.1. The molecule has 0 fully saturated rings. The van der Waals surface area contributed by atoms with Crippen molar-refractivity contribution in [3.8, 4) is 0 Å². The average molecular weight is 358 g/mol. The lowest BCUT2D eigenvalue weighted by Crippen LogP contribution is -2.29. The molecule has 1 unspecified atom stereocenters. The molecule has 1 aromatic heterocycles. The number of halogens is 1. The number of carbonyl (C=O) groups is 1. The van der Waals surface area contributed by atoms with Crippen molar-refractivity contribution in [3.63, 3.8) is 0 Å². The summed E-state index contributed by atoms with van der Waals surface area (Å²) in [5.41, 5.74) is 1.50. The number of para-hydroxylation sites is 1. The maximum atomic E-state index is 12.6. The van der Waals surface area contributed by atoms with Gasteiger partial charge in [-0.2, -0.15) is 0 Å². The quantitative estimate of drug-likeness (QED) is 0.658. The molecule has 0 saturated heterocycles. The SMILES string of the molecule is CC(c1cc2ccccc2o1)N(C)C(=O)c1ccc(Br)cc1. The Labute approximate surface area is 137 Å². The van der Waals surface area contributed by atoms with Crippen molar-refractivity contribution in [3.05, 3.63) is 70.4 Å². The number of benzene rings is 2. The van der Waals surface area contributed by atoms with Gasteiger partial charge in [-0.3, -0.25) is 4.79 Å². The third-order valence-electron chi connectivity index (χ3n) is 3.85. The zero-order valence-electron chi connectivity index (χ0n) is 12.4. The van der Waals surface area contributed by atoms with Crippen LogP contribution >= 0.6 is 15.9 Å². The molecule has 2 aromatic carbocycles. The molecule has 1 heterocycles. The highest BCUT2D eigenvalue weighted by Crippen LogP contribution is 2.27. The molecule has 22 heavy (non-hydrogen) atoms. The predicted molar refractivity (Wildman–Crippen MR) is 90.9 cm³/mol. The number of fused-ring (bicyclic) bond motifs is 1. The van der Waals surface area contributed by atoms with E-state index in [1.54, 1.807) is 11.9 Å². The first-order valence-electron chi connectivity index (χ1n) is 7.07. The summed E-state index contributed by atoms with van der Waals surface area (Å²) in [6.45, 7) is 1.97. The molecule has 3 rings (SSSR count). The molecular weight excluding hydrogens is 342 g/mol. The smallest absolute Gasteiger partial charge is 0.254 e. The van der Waals surface area contributed by atoms with E-state index in [1.807, 2.05) is 61.5 Å². The summed E-state index contributed by atoms with van der Waals surface area (Å²) in [6.07, 6.45) is 0. The summed E-state index contributed by atoms with van der Waals surface area (Å²) >= 11 is 3.38. The van der Waals surface area contributed by atoms with Gasteiger partial charge >= 0.3 is 0 Å². The van der Waals surface area contributed by atoms with Crippen LogP contribution < -0.4 is 0 Å². The number of rotatable bonds is 3. The minimum atomic E-state index is -0.136. The molecule has 0 radical (unpaired) electrons. The summed E-state index contributed by atoms with van der Waals surface area (Å²) in [7, 11) is 1.79. The molecule has 0 saturated carbocycles. The average Bonchev–Trinajstić information content (AvgIpc) is 2.97. The summed E-state index contributed by atoms with van der Waals surface area (Å²) in [5.74, 6) is 0.759. The van der Waals surface area contributed by atoms with Crippen LogP contribution in [0.4, 0.5) is 0 Å². The second-order valence-electron chi connectivity index (χ2n) is 5.29. The third-order valence-corrected chi connectivity index (χ3v) is 4.38. The van der Waals surface area contributed by atoms with Crippen molar-refractivity contribution in [2.75, 3.05) is 7.05 Å². The van der Waals surface area contributed by atoms with Gasteiger partial charge < -0.3 is 9.32 Å². The third kappa shape index (κ3) is 2.79. The highest BCUT2D eigenvalue weighted by atomic mass is 79.9. The van der Waals surface area contributed by atoms with E-state index in [0.29, 0.717) is 5.56 Å². The van der Waals surface area contributed by atoms with Crippen molar-refractivity contribution in [1.82, 2.24) is 4.90 Å². The van der Waals surface area contributed by atoms with Crippen LogP contribution in [0.15, 0.2) is 63.5 Å². The molecule has 0 aliphatic heterocycles. The van der Waals surface area contributed by atoms with Gasteiger partial charge in [0.15, 0.2) is 0 Å². The van der Waals surface area contributed by atoms with Crippen LogP contribution in [-0.2, 0) is 0 Å². The number of hydrogen-bond acceptors (Lipinski definition) is 2. The van der Waals surface area contributed by atoms with Crippen LogP contribution in [-0.4, -0.2) is 17.9 Å². The number of furan rings is 1. The standard InChI is InChI=1S/C18H16BrNO2/c1-12(17-11-14-5-3-4-6-16(14)22-17)20(2)18(21)13-7-9-15(19)10-8-13/h3-12H,1-2H3. The molecule has 4 heteroatoms. The molecule has 0 aliphatic rings. The minimum Gasteiger partial charge on any atom is -0.459 e. The van der Waals surface area contributed by atoms with Gasteiger partial charge in [0.05, 0.1) is 6.04 Å². The van der Waals surface area contributed by atoms with Crippen molar-refractivity contribution < 1.29 is 9.21 Å². The van der Waals surface area contributed by atoms with Gasteiger partial charge in [0, 0.05) is 22.5 Å². The molecule has 1 atom stereocenters. The van der Waals surface area contributed by atoms with Gasteiger partial charge in [-0.15, -0.1) is 0 Å². The molecule has 0 bridgehead atoms. The Morgan fingerprint density at radius 1 is 1.14 bits per heavy atom. The maximum Gasteiger partial charge on any atom is 0.254 e. The van der Waals surface area contributed by atoms with Gasteiger partial charge in [0.25, 0.3) is 5.91 Å². The first-order valence-corrected chi connectivity index (χ1v) is 7.87. The van der Waals surface area contributed by atoms with Crippen LogP contribution in [0.2, 0.25) is 0 Å². The van der Waals surface area contributed by atoms with E-state index in [4.69, 9.17) is 4.42 Å². The zero-order valence-corrected chi connectivity index (χ0v) is 14.0. The summed E-state index contributed by atoms with van der Waals surface area (Å²) in [4.78, 5) is 14.3.